The van der Waals surface area contributed by atoms with Gasteiger partial charge in [0.05, 0.1) is 6.10 Å². The van der Waals surface area contributed by atoms with Crippen LogP contribution in [0.25, 0.3) is 0 Å². The van der Waals surface area contributed by atoms with E-state index in [-0.39, 0.29) is 5.82 Å². The summed E-state index contributed by atoms with van der Waals surface area (Å²) in [6.45, 7) is 3.13. The number of benzene rings is 1. The molecule has 94 valence electrons. The molecule has 1 aliphatic rings. The fourth-order valence-corrected chi connectivity index (χ4v) is 1.84. The van der Waals surface area contributed by atoms with Crippen LogP contribution in [0.2, 0.25) is 0 Å². The van der Waals surface area contributed by atoms with Crippen LogP contribution in [0.3, 0.4) is 0 Å². The van der Waals surface area contributed by atoms with Crippen molar-refractivity contribution in [3.8, 4) is 5.75 Å². The van der Waals surface area contributed by atoms with Crippen LogP contribution < -0.4 is 10.1 Å². The molecule has 0 unspecified atom stereocenters. The summed E-state index contributed by atoms with van der Waals surface area (Å²) in [5, 5.41) is 3.28. The smallest absolute Gasteiger partial charge is 0.123 e. The third kappa shape index (κ3) is 4.32. The van der Waals surface area contributed by atoms with Crippen LogP contribution in [-0.2, 0) is 4.74 Å². The van der Waals surface area contributed by atoms with Gasteiger partial charge in [-0.2, -0.15) is 0 Å². The van der Waals surface area contributed by atoms with E-state index in [2.05, 4.69) is 5.32 Å². The first-order chi connectivity index (χ1) is 8.34. The van der Waals surface area contributed by atoms with Crippen LogP contribution in [0.5, 0.6) is 5.75 Å². The lowest BCUT2D eigenvalue weighted by Crippen LogP contribution is -2.29. The highest BCUT2D eigenvalue weighted by Crippen LogP contribution is 2.11. The van der Waals surface area contributed by atoms with Crippen molar-refractivity contribution >= 4 is 0 Å². The van der Waals surface area contributed by atoms with E-state index in [0.29, 0.717) is 18.5 Å². The quantitative estimate of drug-likeness (QED) is 0.770. The highest BCUT2D eigenvalue weighted by atomic mass is 19.1. The summed E-state index contributed by atoms with van der Waals surface area (Å²) in [7, 11) is 0. The van der Waals surface area contributed by atoms with Crippen molar-refractivity contribution in [2.24, 2.45) is 0 Å². The van der Waals surface area contributed by atoms with Crippen molar-refractivity contribution in [3.05, 3.63) is 30.1 Å². The lowest BCUT2D eigenvalue weighted by atomic mass is 10.2. The van der Waals surface area contributed by atoms with E-state index >= 15 is 0 Å². The third-order valence-corrected chi connectivity index (χ3v) is 2.76. The maximum Gasteiger partial charge on any atom is 0.123 e. The maximum absolute atomic E-state index is 12.6. The lowest BCUT2D eigenvalue weighted by molar-refractivity contribution is 0.109. The Hall–Kier alpha value is -1.13. The van der Waals surface area contributed by atoms with Gasteiger partial charge in [-0.1, -0.05) is 0 Å². The molecular formula is C13H18FNO2. The number of halogens is 1. The summed E-state index contributed by atoms with van der Waals surface area (Å²) in [5.74, 6) is 0.458. The number of hydrogen-bond acceptors (Lipinski definition) is 3. The van der Waals surface area contributed by atoms with Gasteiger partial charge in [0.25, 0.3) is 0 Å². The minimum absolute atomic E-state index is 0.242. The number of rotatable bonds is 6. The van der Waals surface area contributed by atoms with Gasteiger partial charge in [0.15, 0.2) is 0 Å². The van der Waals surface area contributed by atoms with Crippen LogP contribution in [0.15, 0.2) is 24.3 Å². The van der Waals surface area contributed by atoms with Gasteiger partial charge in [-0.15, -0.1) is 0 Å². The minimum Gasteiger partial charge on any atom is -0.492 e. The summed E-state index contributed by atoms with van der Waals surface area (Å²) in [6.07, 6.45) is 2.67. The predicted octanol–water partition coefficient (Wildman–Crippen LogP) is 1.97. The molecule has 17 heavy (non-hydrogen) atoms. The second kappa shape index (κ2) is 6.57. The Balaban J connectivity index is 1.55. The van der Waals surface area contributed by atoms with Gasteiger partial charge in [-0.05, 0) is 37.1 Å². The Morgan fingerprint density at radius 2 is 2.18 bits per heavy atom. The monoisotopic (exact) mass is 239 g/mol. The molecule has 2 rings (SSSR count). The Morgan fingerprint density at radius 3 is 2.88 bits per heavy atom. The van der Waals surface area contributed by atoms with Crippen molar-refractivity contribution in [2.75, 3.05) is 26.3 Å². The molecule has 0 radical (unpaired) electrons. The van der Waals surface area contributed by atoms with Crippen LogP contribution in [-0.4, -0.2) is 32.4 Å². The molecule has 0 saturated carbocycles. The Kier molecular flexibility index (Phi) is 4.76. The zero-order valence-electron chi connectivity index (χ0n) is 9.82. The Morgan fingerprint density at radius 1 is 1.35 bits per heavy atom. The first-order valence-corrected chi connectivity index (χ1v) is 6.05. The summed E-state index contributed by atoms with van der Waals surface area (Å²) in [5.41, 5.74) is 0. The molecule has 0 aromatic heterocycles. The molecule has 1 aliphatic heterocycles. The minimum atomic E-state index is -0.242. The molecule has 1 saturated heterocycles. The normalized spacial score (nSPS) is 19.5. The summed E-state index contributed by atoms with van der Waals surface area (Å²) < 4.78 is 23.6. The van der Waals surface area contributed by atoms with Gasteiger partial charge in [0.1, 0.15) is 18.2 Å². The van der Waals surface area contributed by atoms with Crippen molar-refractivity contribution in [3.63, 3.8) is 0 Å². The zero-order valence-corrected chi connectivity index (χ0v) is 9.82. The molecule has 1 aromatic rings. The fraction of sp³-hybridized carbons (Fsp3) is 0.538. The number of nitrogens with one attached hydrogen (secondary N) is 1. The topological polar surface area (TPSA) is 30.5 Å². The molecule has 1 heterocycles. The summed E-state index contributed by atoms with van der Waals surface area (Å²) in [6, 6.07) is 6.06. The summed E-state index contributed by atoms with van der Waals surface area (Å²) >= 11 is 0. The second-order valence-electron chi connectivity index (χ2n) is 4.14. The third-order valence-electron chi connectivity index (χ3n) is 2.76. The largest absolute Gasteiger partial charge is 0.492 e. The molecule has 1 fully saturated rings. The van der Waals surface area contributed by atoms with E-state index in [0.717, 1.165) is 26.1 Å². The average molecular weight is 239 g/mol. The molecule has 0 aliphatic carbocycles. The molecular weight excluding hydrogens is 221 g/mol. The van der Waals surface area contributed by atoms with Crippen LogP contribution in [0.4, 0.5) is 4.39 Å². The first-order valence-electron chi connectivity index (χ1n) is 6.05. The first kappa shape index (κ1) is 12.3. The van der Waals surface area contributed by atoms with Crippen molar-refractivity contribution in [2.45, 2.75) is 18.9 Å². The van der Waals surface area contributed by atoms with Gasteiger partial charge >= 0.3 is 0 Å². The van der Waals surface area contributed by atoms with Crippen molar-refractivity contribution in [1.82, 2.24) is 5.32 Å². The van der Waals surface area contributed by atoms with Crippen molar-refractivity contribution in [1.29, 1.82) is 0 Å². The lowest BCUT2D eigenvalue weighted by Gasteiger charge is -2.11. The van der Waals surface area contributed by atoms with Crippen molar-refractivity contribution < 1.29 is 13.9 Å². The molecule has 1 atom stereocenters. The molecule has 4 heteroatoms. The molecule has 3 nitrogen and oxygen atoms in total. The SMILES string of the molecule is Fc1ccc(OCCNC[C@@H]2CCCO2)cc1. The number of ether oxygens (including phenoxy) is 2. The molecule has 0 amide bonds. The predicted molar refractivity (Wildman–Crippen MR) is 63.7 cm³/mol. The van der Waals surface area contributed by atoms with Gasteiger partial charge in [0, 0.05) is 19.7 Å². The number of hydrogen-bond donors (Lipinski definition) is 1. The van der Waals surface area contributed by atoms with Gasteiger partial charge in [-0.3, -0.25) is 0 Å². The molecule has 1 N–H and O–H groups in total. The van der Waals surface area contributed by atoms with Crippen LogP contribution in [0, 0.1) is 5.82 Å². The van der Waals surface area contributed by atoms with E-state index in [1.165, 1.54) is 18.6 Å². The highest BCUT2D eigenvalue weighted by molar-refractivity contribution is 5.21. The zero-order chi connectivity index (χ0) is 11.9. The Labute approximate surface area is 101 Å². The van der Waals surface area contributed by atoms with E-state index in [1.54, 1.807) is 12.1 Å². The van der Waals surface area contributed by atoms with E-state index in [4.69, 9.17) is 9.47 Å². The van der Waals surface area contributed by atoms with E-state index < -0.39 is 0 Å². The van der Waals surface area contributed by atoms with E-state index in [9.17, 15) is 4.39 Å². The van der Waals surface area contributed by atoms with E-state index in [1.807, 2.05) is 0 Å². The van der Waals surface area contributed by atoms with Crippen LogP contribution in [0.1, 0.15) is 12.8 Å². The highest BCUT2D eigenvalue weighted by Gasteiger charge is 2.14. The summed E-state index contributed by atoms with van der Waals surface area (Å²) in [4.78, 5) is 0. The molecule has 0 bridgehead atoms. The van der Waals surface area contributed by atoms with Crippen LogP contribution >= 0.6 is 0 Å². The fourth-order valence-electron chi connectivity index (χ4n) is 1.84. The van der Waals surface area contributed by atoms with Gasteiger partial charge in [0.2, 0.25) is 0 Å². The molecule has 1 aromatic carbocycles. The standard InChI is InChI=1S/C13H18FNO2/c14-11-3-5-12(6-4-11)17-9-7-15-10-13-2-1-8-16-13/h3-6,13,15H,1-2,7-10H2/t13-/m0/s1. The Bertz CT molecular complexity index is 323. The second-order valence-corrected chi connectivity index (χ2v) is 4.14. The van der Waals surface area contributed by atoms with Gasteiger partial charge < -0.3 is 14.8 Å². The van der Waals surface area contributed by atoms with Gasteiger partial charge in [-0.25, -0.2) is 4.39 Å². The maximum atomic E-state index is 12.6. The molecule has 0 spiro atoms. The average Bonchev–Trinajstić information content (AvgIpc) is 2.84.